The predicted octanol–water partition coefficient (Wildman–Crippen LogP) is 0.570. The summed E-state index contributed by atoms with van der Waals surface area (Å²) in [4.78, 5) is 14.0. The fourth-order valence-corrected chi connectivity index (χ4v) is 2.28. The molecule has 2 rings (SSSR count). The molecule has 1 amide bonds. The Morgan fingerprint density at radius 3 is 2.71 bits per heavy atom. The molecule has 0 bridgehead atoms. The van der Waals surface area contributed by atoms with Crippen molar-refractivity contribution in [2.24, 2.45) is 17.6 Å². The van der Waals surface area contributed by atoms with E-state index in [9.17, 15) is 4.79 Å². The maximum atomic E-state index is 12.1. The van der Waals surface area contributed by atoms with Gasteiger partial charge >= 0.3 is 0 Å². The Hall–Kier alpha value is -0.610. The van der Waals surface area contributed by atoms with Crippen molar-refractivity contribution in [1.82, 2.24) is 10.2 Å². The zero-order valence-corrected chi connectivity index (χ0v) is 11.0. The summed E-state index contributed by atoms with van der Waals surface area (Å²) in [6.45, 7) is 6.83. The van der Waals surface area contributed by atoms with E-state index in [1.165, 1.54) is 12.8 Å². The van der Waals surface area contributed by atoms with Crippen molar-refractivity contribution in [2.75, 3.05) is 19.6 Å². The first kappa shape index (κ1) is 12.8. The predicted molar refractivity (Wildman–Crippen MR) is 68.5 cm³/mol. The molecule has 17 heavy (non-hydrogen) atoms. The molecule has 98 valence electrons. The molecular weight excluding hydrogens is 214 g/mol. The number of nitrogens with one attached hydrogen (secondary N) is 1. The van der Waals surface area contributed by atoms with E-state index < -0.39 is 0 Å². The first-order valence-electron chi connectivity index (χ1n) is 6.85. The van der Waals surface area contributed by atoms with Gasteiger partial charge in [0.25, 0.3) is 0 Å². The minimum atomic E-state index is -0.336. The lowest BCUT2D eigenvalue weighted by molar-refractivity contribution is -0.132. The van der Waals surface area contributed by atoms with Crippen LogP contribution >= 0.6 is 0 Å². The van der Waals surface area contributed by atoms with Gasteiger partial charge < -0.3 is 16.0 Å². The molecule has 1 saturated heterocycles. The average Bonchev–Trinajstić information content (AvgIpc) is 3.02. The molecule has 4 nitrogen and oxygen atoms in total. The van der Waals surface area contributed by atoms with Crippen LogP contribution in [0.15, 0.2) is 0 Å². The third-order valence-electron chi connectivity index (χ3n) is 3.90. The molecule has 0 aromatic carbocycles. The van der Waals surface area contributed by atoms with Crippen LogP contribution in [0.1, 0.15) is 33.1 Å². The standard InChI is InChI=1S/C13H25N3O/c1-9(2)12(14)13(17)16-6-5-11(8-16)15-7-10-3-4-10/h9-12,15H,3-8,14H2,1-2H3/t11-,12+/m1/s1. The molecule has 2 fully saturated rings. The zero-order chi connectivity index (χ0) is 12.4. The second-order valence-corrected chi connectivity index (χ2v) is 5.89. The van der Waals surface area contributed by atoms with Crippen LogP contribution in [0, 0.1) is 11.8 Å². The van der Waals surface area contributed by atoms with Gasteiger partial charge in [0.1, 0.15) is 0 Å². The van der Waals surface area contributed by atoms with Gasteiger partial charge in [-0.15, -0.1) is 0 Å². The Balaban J connectivity index is 1.74. The number of nitrogens with zero attached hydrogens (tertiary/aromatic N) is 1. The first-order valence-corrected chi connectivity index (χ1v) is 6.85. The van der Waals surface area contributed by atoms with Crippen molar-refractivity contribution in [1.29, 1.82) is 0 Å². The smallest absolute Gasteiger partial charge is 0.239 e. The third-order valence-corrected chi connectivity index (χ3v) is 3.90. The van der Waals surface area contributed by atoms with Crippen molar-refractivity contribution in [2.45, 2.75) is 45.2 Å². The van der Waals surface area contributed by atoms with Crippen molar-refractivity contribution < 1.29 is 4.79 Å². The van der Waals surface area contributed by atoms with Crippen LogP contribution in [0.5, 0.6) is 0 Å². The Morgan fingerprint density at radius 1 is 1.41 bits per heavy atom. The summed E-state index contributed by atoms with van der Waals surface area (Å²) in [7, 11) is 0. The van der Waals surface area contributed by atoms with E-state index in [-0.39, 0.29) is 17.9 Å². The molecule has 0 aromatic heterocycles. The van der Waals surface area contributed by atoms with Crippen LogP contribution in [0.3, 0.4) is 0 Å². The first-order chi connectivity index (χ1) is 8.08. The Morgan fingerprint density at radius 2 is 2.12 bits per heavy atom. The molecule has 0 spiro atoms. The van der Waals surface area contributed by atoms with E-state index in [0.29, 0.717) is 6.04 Å². The quantitative estimate of drug-likeness (QED) is 0.737. The van der Waals surface area contributed by atoms with E-state index >= 15 is 0 Å². The van der Waals surface area contributed by atoms with E-state index in [2.05, 4.69) is 5.32 Å². The molecule has 2 aliphatic rings. The van der Waals surface area contributed by atoms with E-state index in [1.807, 2.05) is 18.7 Å². The molecule has 0 radical (unpaired) electrons. The maximum absolute atomic E-state index is 12.1. The highest BCUT2D eigenvalue weighted by atomic mass is 16.2. The van der Waals surface area contributed by atoms with Gasteiger partial charge in [-0.05, 0) is 37.6 Å². The van der Waals surface area contributed by atoms with Crippen LogP contribution in [0.4, 0.5) is 0 Å². The Kier molecular flexibility index (Phi) is 4.05. The molecule has 3 N–H and O–H groups in total. The van der Waals surface area contributed by atoms with Crippen LogP contribution < -0.4 is 11.1 Å². The van der Waals surface area contributed by atoms with Crippen molar-refractivity contribution in [3.05, 3.63) is 0 Å². The molecule has 0 unspecified atom stereocenters. The van der Waals surface area contributed by atoms with Gasteiger partial charge in [-0.3, -0.25) is 4.79 Å². The van der Waals surface area contributed by atoms with Crippen molar-refractivity contribution in [3.63, 3.8) is 0 Å². The van der Waals surface area contributed by atoms with Gasteiger partial charge in [-0.1, -0.05) is 13.8 Å². The highest BCUT2D eigenvalue weighted by Gasteiger charge is 2.31. The number of hydrogen-bond donors (Lipinski definition) is 2. The Bertz CT molecular complexity index is 276. The fourth-order valence-electron chi connectivity index (χ4n) is 2.28. The minimum absolute atomic E-state index is 0.121. The average molecular weight is 239 g/mol. The lowest BCUT2D eigenvalue weighted by Crippen LogP contribution is -2.46. The van der Waals surface area contributed by atoms with Crippen LogP contribution in [0.2, 0.25) is 0 Å². The molecular formula is C13H25N3O. The monoisotopic (exact) mass is 239 g/mol. The normalized spacial score (nSPS) is 26.6. The molecule has 4 heteroatoms. The summed E-state index contributed by atoms with van der Waals surface area (Å²) in [5, 5.41) is 3.56. The topological polar surface area (TPSA) is 58.4 Å². The number of amides is 1. The SMILES string of the molecule is CC(C)[C@H](N)C(=O)N1CC[C@@H](NCC2CC2)C1. The van der Waals surface area contributed by atoms with Gasteiger partial charge in [-0.25, -0.2) is 0 Å². The summed E-state index contributed by atoms with van der Waals surface area (Å²) in [6.07, 6.45) is 3.82. The highest BCUT2D eigenvalue weighted by Crippen LogP contribution is 2.28. The van der Waals surface area contributed by atoms with Crippen LogP contribution in [-0.2, 0) is 4.79 Å². The van der Waals surface area contributed by atoms with Crippen molar-refractivity contribution >= 4 is 5.91 Å². The second kappa shape index (κ2) is 5.36. The minimum Gasteiger partial charge on any atom is -0.340 e. The molecule has 1 saturated carbocycles. The number of carbonyl (C=O) groups is 1. The van der Waals surface area contributed by atoms with E-state index in [0.717, 1.165) is 32.0 Å². The van der Waals surface area contributed by atoms with Crippen LogP contribution in [0.25, 0.3) is 0 Å². The Labute approximate surface area is 104 Å². The van der Waals surface area contributed by atoms with E-state index in [1.54, 1.807) is 0 Å². The zero-order valence-electron chi connectivity index (χ0n) is 11.0. The lowest BCUT2D eigenvalue weighted by atomic mass is 10.0. The third kappa shape index (κ3) is 3.42. The number of carbonyl (C=O) groups excluding carboxylic acids is 1. The number of nitrogens with two attached hydrogens (primary N) is 1. The summed E-state index contributed by atoms with van der Waals surface area (Å²) in [5.41, 5.74) is 5.91. The van der Waals surface area contributed by atoms with Crippen molar-refractivity contribution in [3.8, 4) is 0 Å². The molecule has 0 aromatic rings. The lowest BCUT2D eigenvalue weighted by Gasteiger charge is -2.23. The number of hydrogen-bond acceptors (Lipinski definition) is 3. The molecule has 2 atom stereocenters. The highest BCUT2D eigenvalue weighted by molar-refractivity contribution is 5.82. The second-order valence-electron chi connectivity index (χ2n) is 5.89. The van der Waals surface area contributed by atoms with Crippen LogP contribution in [-0.4, -0.2) is 42.5 Å². The molecule has 1 aliphatic carbocycles. The summed E-state index contributed by atoms with van der Waals surface area (Å²) in [6, 6.07) is 0.149. The van der Waals surface area contributed by atoms with Gasteiger partial charge in [0, 0.05) is 19.1 Å². The summed E-state index contributed by atoms with van der Waals surface area (Å²) in [5.74, 6) is 1.24. The largest absolute Gasteiger partial charge is 0.340 e. The summed E-state index contributed by atoms with van der Waals surface area (Å²) < 4.78 is 0. The van der Waals surface area contributed by atoms with Gasteiger partial charge in [0.05, 0.1) is 6.04 Å². The molecule has 1 heterocycles. The van der Waals surface area contributed by atoms with Gasteiger partial charge in [0.15, 0.2) is 0 Å². The van der Waals surface area contributed by atoms with Gasteiger partial charge in [0.2, 0.25) is 5.91 Å². The van der Waals surface area contributed by atoms with Gasteiger partial charge in [-0.2, -0.15) is 0 Å². The molecule has 1 aliphatic heterocycles. The van der Waals surface area contributed by atoms with E-state index in [4.69, 9.17) is 5.73 Å². The fraction of sp³-hybridized carbons (Fsp3) is 0.923. The summed E-state index contributed by atoms with van der Waals surface area (Å²) >= 11 is 0. The maximum Gasteiger partial charge on any atom is 0.239 e. The number of rotatable bonds is 5. The number of likely N-dealkylation sites (tertiary alicyclic amines) is 1.